The zero-order valence-corrected chi connectivity index (χ0v) is 32.0. The van der Waals surface area contributed by atoms with Crippen LogP contribution in [0, 0.1) is 0 Å². The molecule has 8 aromatic carbocycles. The second-order valence-electron chi connectivity index (χ2n) is 15.4. The third kappa shape index (κ3) is 6.36. The molecular weight excluding hydrogens is 689 g/mol. The average molecular weight is 729 g/mol. The van der Waals surface area contributed by atoms with Crippen molar-refractivity contribution in [2.75, 3.05) is 0 Å². The molecule has 2 nitrogen and oxygen atoms in total. The SMILES string of the molecule is CC1(C)c2ccccc2-c2cccc(-c3ccc(-c4cccc(-c5cc(-c6ccc(-c7ccccc7)cc6)nc(-c6ccc(-c7ccccc7)cc6)n5)c4)cc3)c21. The molecule has 0 spiro atoms. The zero-order valence-electron chi connectivity index (χ0n) is 32.0. The quantitative estimate of drug-likeness (QED) is 0.163. The van der Waals surface area contributed by atoms with Crippen molar-refractivity contribution in [2.24, 2.45) is 0 Å². The molecule has 270 valence electrons. The van der Waals surface area contributed by atoms with E-state index in [2.05, 4.69) is 208 Å². The van der Waals surface area contributed by atoms with Gasteiger partial charge in [-0.2, -0.15) is 0 Å². The van der Waals surface area contributed by atoms with Crippen LogP contribution in [-0.2, 0) is 5.41 Å². The van der Waals surface area contributed by atoms with Crippen LogP contribution in [0.5, 0.6) is 0 Å². The Morgan fingerprint density at radius 2 is 0.719 bits per heavy atom. The molecule has 0 saturated heterocycles. The van der Waals surface area contributed by atoms with E-state index in [1.54, 1.807) is 0 Å². The van der Waals surface area contributed by atoms with E-state index in [-0.39, 0.29) is 5.41 Å². The number of benzene rings is 8. The number of hydrogen-bond acceptors (Lipinski definition) is 2. The van der Waals surface area contributed by atoms with E-state index >= 15 is 0 Å². The van der Waals surface area contributed by atoms with Gasteiger partial charge in [0, 0.05) is 22.1 Å². The maximum atomic E-state index is 5.21. The molecule has 0 amide bonds. The molecule has 0 unspecified atom stereocenters. The van der Waals surface area contributed by atoms with E-state index in [0.717, 1.165) is 39.2 Å². The van der Waals surface area contributed by atoms with Gasteiger partial charge in [-0.1, -0.05) is 208 Å². The van der Waals surface area contributed by atoms with Crippen molar-refractivity contribution in [3.63, 3.8) is 0 Å². The Bertz CT molecular complexity index is 2770. The maximum absolute atomic E-state index is 5.21. The molecule has 0 aliphatic heterocycles. The van der Waals surface area contributed by atoms with Gasteiger partial charge in [-0.15, -0.1) is 0 Å². The van der Waals surface area contributed by atoms with Crippen LogP contribution in [0.1, 0.15) is 25.0 Å². The molecular formula is C55H40N2. The number of nitrogens with zero attached hydrogens (tertiary/aromatic N) is 2. The molecule has 57 heavy (non-hydrogen) atoms. The summed E-state index contributed by atoms with van der Waals surface area (Å²) in [4.78, 5) is 10.4. The van der Waals surface area contributed by atoms with Gasteiger partial charge in [0.2, 0.25) is 0 Å². The lowest BCUT2D eigenvalue weighted by molar-refractivity contribution is 0.662. The lowest BCUT2D eigenvalue weighted by atomic mass is 9.79. The van der Waals surface area contributed by atoms with Gasteiger partial charge in [0.25, 0.3) is 0 Å². The molecule has 0 saturated carbocycles. The third-order valence-electron chi connectivity index (χ3n) is 11.5. The first kappa shape index (κ1) is 34.3. The molecule has 1 heterocycles. The van der Waals surface area contributed by atoms with Gasteiger partial charge in [0.05, 0.1) is 11.4 Å². The fraction of sp³-hybridized carbons (Fsp3) is 0.0545. The summed E-state index contributed by atoms with van der Waals surface area (Å²) >= 11 is 0. The first-order chi connectivity index (χ1) is 28.0. The van der Waals surface area contributed by atoms with Crippen LogP contribution in [0.15, 0.2) is 206 Å². The number of hydrogen-bond donors (Lipinski definition) is 0. The lowest BCUT2D eigenvalue weighted by Gasteiger charge is -2.24. The molecule has 2 heteroatoms. The van der Waals surface area contributed by atoms with E-state index in [1.807, 2.05) is 12.1 Å². The number of rotatable bonds is 7. The molecule has 1 aliphatic carbocycles. The van der Waals surface area contributed by atoms with E-state index in [4.69, 9.17) is 9.97 Å². The Labute approximate surface area is 334 Å². The van der Waals surface area contributed by atoms with Crippen molar-refractivity contribution in [2.45, 2.75) is 19.3 Å². The normalized spacial score (nSPS) is 12.5. The molecule has 0 atom stereocenters. The summed E-state index contributed by atoms with van der Waals surface area (Å²) in [5.74, 6) is 0.699. The van der Waals surface area contributed by atoms with Gasteiger partial charge < -0.3 is 0 Å². The summed E-state index contributed by atoms with van der Waals surface area (Å²) in [6.45, 7) is 4.70. The average Bonchev–Trinajstić information content (AvgIpc) is 3.53. The Morgan fingerprint density at radius 1 is 0.298 bits per heavy atom. The lowest BCUT2D eigenvalue weighted by Crippen LogP contribution is -2.16. The highest BCUT2D eigenvalue weighted by Crippen LogP contribution is 2.52. The van der Waals surface area contributed by atoms with Gasteiger partial charge >= 0.3 is 0 Å². The van der Waals surface area contributed by atoms with Crippen LogP contribution in [0.3, 0.4) is 0 Å². The van der Waals surface area contributed by atoms with Crippen molar-refractivity contribution in [1.29, 1.82) is 0 Å². The molecule has 1 aromatic heterocycles. The van der Waals surface area contributed by atoms with Crippen molar-refractivity contribution in [3.05, 3.63) is 217 Å². The van der Waals surface area contributed by atoms with Crippen molar-refractivity contribution >= 4 is 0 Å². The highest BCUT2D eigenvalue weighted by molar-refractivity contribution is 5.88. The molecule has 0 fully saturated rings. The van der Waals surface area contributed by atoms with Crippen molar-refractivity contribution < 1.29 is 0 Å². The molecule has 9 aromatic rings. The van der Waals surface area contributed by atoms with Gasteiger partial charge in [-0.25, -0.2) is 9.97 Å². The summed E-state index contributed by atoms with van der Waals surface area (Å²) in [5, 5.41) is 0. The van der Waals surface area contributed by atoms with E-state index < -0.39 is 0 Å². The minimum atomic E-state index is -0.0708. The Kier molecular flexibility index (Phi) is 8.53. The Hall–Kier alpha value is -7.16. The smallest absolute Gasteiger partial charge is 0.160 e. The second kappa shape index (κ2) is 14.2. The summed E-state index contributed by atoms with van der Waals surface area (Å²) in [6, 6.07) is 73.7. The fourth-order valence-corrected chi connectivity index (χ4v) is 8.57. The first-order valence-corrected chi connectivity index (χ1v) is 19.6. The molecule has 0 bridgehead atoms. The molecule has 10 rings (SSSR count). The van der Waals surface area contributed by atoms with Gasteiger partial charge in [-0.05, 0) is 78.9 Å². The third-order valence-corrected chi connectivity index (χ3v) is 11.5. The largest absolute Gasteiger partial charge is 0.228 e. The predicted octanol–water partition coefficient (Wildman–Crippen LogP) is 14.5. The first-order valence-electron chi connectivity index (χ1n) is 19.6. The van der Waals surface area contributed by atoms with Crippen LogP contribution < -0.4 is 0 Å². The van der Waals surface area contributed by atoms with E-state index in [9.17, 15) is 0 Å². The summed E-state index contributed by atoms with van der Waals surface area (Å²) in [7, 11) is 0. The topological polar surface area (TPSA) is 25.8 Å². The Balaban J connectivity index is 1.01. The van der Waals surface area contributed by atoms with E-state index in [0.29, 0.717) is 5.82 Å². The van der Waals surface area contributed by atoms with Gasteiger partial charge in [-0.3, -0.25) is 0 Å². The highest BCUT2D eigenvalue weighted by atomic mass is 14.9. The van der Waals surface area contributed by atoms with Crippen LogP contribution in [0.2, 0.25) is 0 Å². The maximum Gasteiger partial charge on any atom is 0.160 e. The van der Waals surface area contributed by atoms with Crippen LogP contribution in [-0.4, -0.2) is 9.97 Å². The number of aromatic nitrogens is 2. The minimum Gasteiger partial charge on any atom is -0.228 e. The molecule has 0 N–H and O–H groups in total. The molecule has 0 radical (unpaired) electrons. The minimum absolute atomic E-state index is 0.0708. The predicted molar refractivity (Wildman–Crippen MR) is 238 cm³/mol. The highest BCUT2D eigenvalue weighted by Gasteiger charge is 2.37. The summed E-state index contributed by atoms with van der Waals surface area (Å²) in [5.41, 5.74) is 19.8. The zero-order chi connectivity index (χ0) is 38.3. The van der Waals surface area contributed by atoms with Crippen molar-refractivity contribution in [1.82, 2.24) is 9.97 Å². The van der Waals surface area contributed by atoms with Gasteiger partial charge in [0.15, 0.2) is 5.82 Å². The van der Waals surface area contributed by atoms with Crippen LogP contribution >= 0.6 is 0 Å². The standard InChI is InChI=1S/C55H40N2/c1-55(2)50-22-10-9-19-48(50)49-21-12-20-47(53(49)55)42-29-23-41(24-30-42)45-17-11-18-46(35-45)52-36-51(43-31-25-39(26-32-43)37-13-5-3-6-14-37)56-54(57-52)44-33-27-40(28-34-44)38-15-7-4-8-16-38/h3-36H,1-2H3. The number of fused-ring (bicyclic) bond motifs is 3. The van der Waals surface area contributed by atoms with Crippen LogP contribution in [0.25, 0.3) is 89.5 Å². The van der Waals surface area contributed by atoms with E-state index in [1.165, 1.54) is 55.6 Å². The fourth-order valence-electron chi connectivity index (χ4n) is 8.57. The summed E-state index contributed by atoms with van der Waals surface area (Å²) < 4.78 is 0. The van der Waals surface area contributed by atoms with Crippen LogP contribution in [0.4, 0.5) is 0 Å². The molecule has 1 aliphatic rings. The van der Waals surface area contributed by atoms with Gasteiger partial charge in [0.1, 0.15) is 0 Å². The second-order valence-corrected chi connectivity index (χ2v) is 15.4. The van der Waals surface area contributed by atoms with Crippen molar-refractivity contribution in [3.8, 4) is 89.5 Å². The summed E-state index contributed by atoms with van der Waals surface area (Å²) in [6.07, 6.45) is 0. The Morgan fingerprint density at radius 3 is 1.37 bits per heavy atom. The monoisotopic (exact) mass is 728 g/mol.